The summed E-state index contributed by atoms with van der Waals surface area (Å²) in [5, 5.41) is 20.7. The quantitative estimate of drug-likeness (QED) is 0.389. The number of nitrogens with one attached hydrogen (secondary N) is 2. The topological polar surface area (TPSA) is 91.4 Å². The number of aryl methyl sites for hydroxylation is 1. The molecule has 0 saturated carbocycles. The lowest BCUT2D eigenvalue weighted by molar-refractivity contribution is 0.355. The molecule has 1 aliphatic heterocycles. The molecule has 1 heterocycles. The Balaban J connectivity index is 1.75. The molecule has 2 aromatic carbocycles. The fraction of sp³-hybridized carbons (Fsp3) is 0.308. The van der Waals surface area contributed by atoms with Gasteiger partial charge in [-0.25, -0.2) is 4.99 Å². The van der Waals surface area contributed by atoms with Gasteiger partial charge in [0.05, 0.1) is 26.5 Å². The van der Waals surface area contributed by atoms with Crippen molar-refractivity contribution in [3.8, 4) is 11.5 Å². The number of azo groups is 1. The predicted molar refractivity (Wildman–Crippen MR) is 133 cm³/mol. The molecule has 0 unspecified atom stereocenters. The monoisotopic (exact) mass is 445 g/mol. The summed E-state index contributed by atoms with van der Waals surface area (Å²) in [6, 6.07) is 13.7. The van der Waals surface area contributed by atoms with Gasteiger partial charge in [-0.05, 0) is 56.0 Å². The predicted octanol–water partition coefficient (Wildman–Crippen LogP) is 5.60. The first-order valence-corrected chi connectivity index (χ1v) is 11.0. The van der Waals surface area contributed by atoms with Crippen LogP contribution in [0.3, 0.4) is 0 Å². The Morgan fingerprint density at radius 2 is 1.85 bits per heavy atom. The van der Waals surface area contributed by atoms with Crippen molar-refractivity contribution in [2.75, 3.05) is 20.8 Å². The second-order valence-electron chi connectivity index (χ2n) is 7.66. The van der Waals surface area contributed by atoms with Crippen LogP contribution in [-0.4, -0.2) is 32.2 Å². The molecule has 0 spiro atoms. The van der Waals surface area contributed by atoms with Gasteiger partial charge in [-0.2, -0.15) is 5.11 Å². The first kappa shape index (κ1) is 23.9. The van der Waals surface area contributed by atoms with Crippen molar-refractivity contribution in [1.82, 2.24) is 5.32 Å². The van der Waals surface area contributed by atoms with Crippen LogP contribution >= 0.6 is 0 Å². The van der Waals surface area contributed by atoms with E-state index in [9.17, 15) is 0 Å². The van der Waals surface area contributed by atoms with Crippen LogP contribution in [0.25, 0.3) is 0 Å². The third kappa shape index (κ3) is 5.94. The maximum absolute atomic E-state index is 8.52. The molecule has 0 radical (unpaired) electrons. The molecule has 3 rings (SSSR count). The van der Waals surface area contributed by atoms with Gasteiger partial charge >= 0.3 is 0 Å². The first-order chi connectivity index (χ1) is 16.0. The maximum Gasteiger partial charge on any atom is 0.161 e. The molecule has 0 aromatic heterocycles. The summed E-state index contributed by atoms with van der Waals surface area (Å²) in [4.78, 5) is 4.62. The second kappa shape index (κ2) is 11.2. The Kier molecular flexibility index (Phi) is 8.13. The highest BCUT2D eigenvalue weighted by atomic mass is 16.5. The number of allylic oxidation sites excluding steroid dienone is 2. The van der Waals surface area contributed by atoms with E-state index in [1.807, 2.05) is 25.1 Å². The molecule has 0 atom stereocenters. The molecule has 2 aromatic rings. The zero-order chi connectivity index (χ0) is 23.8. The van der Waals surface area contributed by atoms with Crippen LogP contribution in [-0.2, 0) is 6.42 Å². The third-order valence-electron chi connectivity index (χ3n) is 5.50. The van der Waals surface area contributed by atoms with Crippen LogP contribution in [0.2, 0.25) is 0 Å². The van der Waals surface area contributed by atoms with E-state index in [2.05, 4.69) is 46.5 Å². The van der Waals surface area contributed by atoms with Crippen molar-refractivity contribution in [3.05, 3.63) is 82.4 Å². The normalized spacial score (nSPS) is 14.9. The van der Waals surface area contributed by atoms with Crippen LogP contribution in [0.1, 0.15) is 37.0 Å². The number of benzene rings is 2. The molecule has 7 nitrogen and oxygen atoms in total. The largest absolute Gasteiger partial charge is 0.493 e. The molecule has 0 saturated heterocycles. The molecule has 0 fully saturated rings. The zero-order valence-electron chi connectivity index (χ0n) is 19.9. The summed E-state index contributed by atoms with van der Waals surface area (Å²) in [5.41, 5.74) is 5.42. The van der Waals surface area contributed by atoms with Crippen molar-refractivity contribution in [2.24, 2.45) is 15.2 Å². The molecule has 0 amide bonds. The van der Waals surface area contributed by atoms with Gasteiger partial charge in [0, 0.05) is 22.9 Å². The van der Waals surface area contributed by atoms with Gasteiger partial charge in [0.15, 0.2) is 17.3 Å². The van der Waals surface area contributed by atoms with Gasteiger partial charge in [0.1, 0.15) is 5.82 Å². The lowest BCUT2D eigenvalue weighted by Crippen LogP contribution is -2.22. The molecule has 33 heavy (non-hydrogen) atoms. The van der Waals surface area contributed by atoms with E-state index < -0.39 is 0 Å². The van der Waals surface area contributed by atoms with Crippen molar-refractivity contribution in [2.45, 2.75) is 33.6 Å². The van der Waals surface area contributed by atoms with E-state index in [1.165, 1.54) is 11.1 Å². The second-order valence-corrected chi connectivity index (χ2v) is 7.66. The third-order valence-corrected chi connectivity index (χ3v) is 5.50. The van der Waals surface area contributed by atoms with Gasteiger partial charge < -0.3 is 20.2 Å². The zero-order valence-corrected chi connectivity index (χ0v) is 19.9. The number of hydrogen-bond acceptors (Lipinski definition) is 7. The SMILES string of the molecule is CCC1=C(N=NCCc2ccccc2C)N/C(=C\C(=N)c2ccc(OC)c(OC)c2)N=C1C. The number of methoxy groups -OCH3 is 2. The summed E-state index contributed by atoms with van der Waals surface area (Å²) in [5.74, 6) is 2.43. The van der Waals surface area contributed by atoms with E-state index in [1.54, 1.807) is 32.4 Å². The summed E-state index contributed by atoms with van der Waals surface area (Å²) < 4.78 is 10.6. The Hall–Kier alpha value is -3.74. The lowest BCUT2D eigenvalue weighted by atomic mass is 10.1. The van der Waals surface area contributed by atoms with Gasteiger partial charge in [0.2, 0.25) is 0 Å². The standard InChI is InChI=1S/C26H31N5O2/c1-6-21-18(3)29-25(16-22(27)20-11-12-23(32-4)24(15-20)33-5)30-26(21)31-28-14-13-19-10-8-7-9-17(19)2/h7-12,15-16,27,30H,6,13-14H2,1-5H3/b25-16-,27-22?,31-28?. The Bertz CT molecular complexity index is 1150. The summed E-state index contributed by atoms with van der Waals surface area (Å²) in [6.07, 6.45) is 3.31. The Morgan fingerprint density at radius 1 is 1.09 bits per heavy atom. The molecule has 0 bridgehead atoms. The maximum atomic E-state index is 8.52. The number of nitrogens with zero attached hydrogens (tertiary/aromatic N) is 3. The van der Waals surface area contributed by atoms with Crippen molar-refractivity contribution in [1.29, 1.82) is 5.41 Å². The van der Waals surface area contributed by atoms with Gasteiger partial charge in [-0.3, -0.25) is 0 Å². The van der Waals surface area contributed by atoms with Crippen LogP contribution in [0, 0.1) is 12.3 Å². The van der Waals surface area contributed by atoms with E-state index >= 15 is 0 Å². The molecule has 1 aliphatic rings. The highest BCUT2D eigenvalue weighted by Gasteiger charge is 2.17. The average Bonchev–Trinajstić information content (AvgIpc) is 2.82. The van der Waals surface area contributed by atoms with Crippen molar-refractivity contribution < 1.29 is 9.47 Å². The Labute approximate surface area is 195 Å². The molecular formula is C26H31N5O2. The van der Waals surface area contributed by atoms with Gasteiger partial charge in [-0.15, -0.1) is 5.11 Å². The fourth-order valence-electron chi connectivity index (χ4n) is 3.63. The minimum Gasteiger partial charge on any atom is -0.493 e. The summed E-state index contributed by atoms with van der Waals surface area (Å²) in [7, 11) is 3.16. The molecule has 172 valence electrons. The van der Waals surface area contributed by atoms with E-state index in [0.717, 1.165) is 24.1 Å². The number of ether oxygens (including phenoxy) is 2. The molecular weight excluding hydrogens is 414 g/mol. The lowest BCUT2D eigenvalue weighted by Gasteiger charge is -2.18. The van der Waals surface area contributed by atoms with Gasteiger partial charge in [0.25, 0.3) is 0 Å². The van der Waals surface area contributed by atoms with Crippen molar-refractivity contribution >= 4 is 11.4 Å². The van der Waals surface area contributed by atoms with Crippen molar-refractivity contribution in [3.63, 3.8) is 0 Å². The van der Waals surface area contributed by atoms with Crippen LogP contribution in [0.4, 0.5) is 0 Å². The Morgan fingerprint density at radius 3 is 2.55 bits per heavy atom. The highest BCUT2D eigenvalue weighted by molar-refractivity contribution is 6.08. The number of rotatable bonds is 9. The summed E-state index contributed by atoms with van der Waals surface area (Å²) in [6.45, 7) is 6.73. The number of aliphatic imine (C=N–C) groups is 1. The molecule has 2 N–H and O–H groups in total. The number of hydrogen-bond donors (Lipinski definition) is 2. The summed E-state index contributed by atoms with van der Waals surface area (Å²) >= 11 is 0. The molecule has 0 aliphatic carbocycles. The van der Waals surface area contributed by atoms with E-state index in [0.29, 0.717) is 41.0 Å². The first-order valence-electron chi connectivity index (χ1n) is 11.0. The average molecular weight is 446 g/mol. The van der Waals surface area contributed by atoms with Crippen LogP contribution < -0.4 is 14.8 Å². The van der Waals surface area contributed by atoms with E-state index in [-0.39, 0.29) is 0 Å². The minimum absolute atomic E-state index is 0.297. The van der Waals surface area contributed by atoms with Crippen LogP contribution in [0.15, 0.2) is 81.0 Å². The van der Waals surface area contributed by atoms with E-state index in [4.69, 9.17) is 14.9 Å². The van der Waals surface area contributed by atoms with Gasteiger partial charge in [-0.1, -0.05) is 31.2 Å². The smallest absolute Gasteiger partial charge is 0.161 e. The van der Waals surface area contributed by atoms with Crippen LogP contribution in [0.5, 0.6) is 11.5 Å². The fourth-order valence-corrected chi connectivity index (χ4v) is 3.63. The molecule has 7 heteroatoms. The highest BCUT2D eigenvalue weighted by Crippen LogP contribution is 2.28. The minimum atomic E-state index is 0.297.